The number of hydrogen-bond acceptors (Lipinski definition) is 5. The lowest BCUT2D eigenvalue weighted by atomic mass is 10.1. The molecule has 1 aromatic carbocycles. The maximum atomic E-state index is 11.3. The van der Waals surface area contributed by atoms with Crippen molar-refractivity contribution in [2.45, 2.75) is 26.4 Å². The number of anilines is 1. The third-order valence-corrected chi connectivity index (χ3v) is 2.72. The van der Waals surface area contributed by atoms with Gasteiger partial charge in [0.15, 0.2) is 0 Å². The third-order valence-electron chi connectivity index (χ3n) is 2.72. The molecule has 0 aliphatic carbocycles. The largest absolute Gasteiger partial charge is 0.478 e. The average Bonchev–Trinajstić information content (AvgIpc) is 2.33. The molecule has 1 rings (SSSR count). The van der Waals surface area contributed by atoms with E-state index in [4.69, 9.17) is 0 Å². The fraction of sp³-hybridized carbons (Fsp3) is 0.462. The number of aromatic carboxylic acids is 1. The molecule has 0 aliphatic heterocycles. The number of nitro groups is 1. The topological polar surface area (TPSA) is 104 Å². The Morgan fingerprint density at radius 2 is 2.05 bits per heavy atom. The van der Waals surface area contributed by atoms with Crippen LogP contribution in [-0.4, -0.2) is 39.8 Å². The van der Waals surface area contributed by atoms with E-state index in [1.807, 2.05) is 0 Å². The monoisotopic (exact) mass is 282 g/mol. The predicted molar refractivity (Wildman–Crippen MR) is 74.2 cm³/mol. The molecule has 110 valence electrons. The number of hydrogen-bond donors (Lipinski definition) is 2. The summed E-state index contributed by atoms with van der Waals surface area (Å²) in [4.78, 5) is 23.3. The first-order valence-electron chi connectivity index (χ1n) is 6.15. The summed E-state index contributed by atoms with van der Waals surface area (Å²) >= 11 is 0. The Bertz CT molecular complexity index is 490. The van der Waals surface area contributed by atoms with Gasteiger partial charge in [-0.25, -0.2) is 4.79 Å². The lowest BCUT2D eigenvalue weighted by molar-refractivity contribution is -0.384. The van der Waals surface area contributed by atoms with Crippen LogP contribution in [0.4, 0.5) is 11.4 Å². The molecular formula is C13H18N2O5. The molecule has 0 bridgehead atoms. The molecule has 2 N–H and O–H groups in total. The third kappa shape index (κ3) is 3.67. The smallest absolute Gasteiger partial charge is 0.338 e. The molecule has 0 unspecified atom stereocenters. The van der Waals surface area contributed by atoms with Gasteiger partial charge in [0.2, 0.25) is 0 Å². The van der Waals surface area contributed by atoms with Gasteiger partial charge in [0, 0.05) is 19.2 Å². The van der Waals surface area contributed by atoms with E-state index in [-0.39, 0.29) is 23.5 Å². The number of carboxylic acids is 1. The van der Waals surface area contributed by atoms with E-state index < -0.39 is 16.5 Å². The van der Waals surface area contributed by atoms with Gasteiger partial charge in [0.1, 0.15) is 5.69 Å². The fourth-order valence-electron chi connectivity index (χ4n) is 2.00. The van der Waals surface area contributed by atoms with E-state index in [0.717, 1.165) is 0 Å². The van der Waals surface area contributed by atoms with Crippen molar-refractivity contribution in [3.05, 3.63) is 33.9 Å². The molecule has 0 spiro atoms. The number of benzene rings is 1. The zero-order valence-corrected chi connectivity index (χ0v) is 11.7. The molecule has 0 aliphatic rings. The molecule has 0 aromatic heterocycles. The minimum atomic E-state index is -1.24. The summed E-state index contributed by atoms with van der Waals surface area (Å²) in [6.07, 6.45) is 0. The standard InChI is InChI=1S/C13H18N2O5/c1-4-14(8-13(2,3)18)11-9(12(16)17)6-5-7-10(11)15(19)20/h5-7,18H,4,8H2,1-3H3,(H,16,17). The summed E-state index contributed by atoms with van der Waals surface area (Å²) < 4.78 is 0. The highest BCUT2D eigenvalue weighted by Crippen LogP contribution is 2.32. The van der Waals surface area contributed by atoms with Gasteiger partial charge in [-0.3, -0.25) is 10.1 Å². The Kier molecular flexibility index (Phi) is 4.67. The first kappa shape index (κ1) is 15.9. The van der Waals surface area contributed by atoms with Gasteiger partial charge in [-0.1, -0.05) is 6.07 Å². The van der Waals surface area contributed by atoms with E-state index in [9.17, 15) is 25.1 Å². The van der Waals surface area contributed by atoms with Crippen LogP contribution in [0.5, 0.6) is 0 Å². The van der Waals surface area contributed by atoms with Gasteiger partial charge >= 0.3 is 5.97 Å². The molecular weight excluding hydrogens is 264 g/mol. The van der Waals surface area contributed by atoms with E-state index in [2.05, 4.69) is 0 Å². The van der Waals surface area contributed by atoms with E-state index in [0.29, 0.717) is 6.54 Å². The zero-order valence-electron chi connectivity index (χ0n) is 11.7. The molecule has 1 aromatic rings. The van der Waals surface area contributed by atoms with Crippen LogP contribution in [0.2, 0.25) is 0 Å². The fourth-order valence-corrected chi connectivity index (χ4v) is 2.00. The predicted octanol–water partition coefficient (Wildman–Crippen LogP) is 1.89. The number of carboxylic acid groups (broad SMARTS) is 1. The Morgan fingerprint density at radius 1 is 1.45 bits per heavy atom. The van der Waals surface area contributed by atoms with Crippen molar-refractivity contribution in [2.24, 2.45) is 0 Å². The van der Waals surface area contributed by atoms with E-state index in [1.54, 1.807) is 20.8 Å². The Labute approximate surface area is 116 Å². The number of para-hydroxylation sites is 1. The molecule has 0 radical (unpaired) electrons. The number of aliphatic hydroxyl groups is 1. The van der Waals surface area contributed by atoms with Crippen molar-refractivity contribution in [3.8, 4) is 0 Å². The molecule has 0 saturated heterocycles. The van der Waals surface area contributed by atoms with Crippen LogP contribution in [0.3, 0.4) is 0 Å². The van der Waals surface area contributed by atoms with Gasteiger partial charge in [0.05, 0.1) is 16.1 Å². The normalized spacial score (nSPS) is 11.2. The summed E-state index contributed by atoms with van der Waals surface area (Å²) in [7, 11) is 0. The number of likely N-dealkylation sites (N-methyl/N-ethyl adjacent to an activating group) is 1. The van der Waals surface area contributed by atoms with E-state index in [1.165, 1.54) is 23.1 Å². The average molecular weight is 282 g/mol. The van der Waals surface area contributed by atoms with Crippen molar-refractivity contribution in [3.63, 3.8) is 0 Å². The summed E-state index contributed by atoms with van der Waals surface area (Å²) in [5.41, 5.74) is -1.51. The molecule has 20 heavy (non-hydrogen) atoms. The Morgan fingerprint density at radius 3 is 2.45 bits per heavy atom. The van der Waals surface area contributed by atoms with Crippen molar-refractivity contribution < 1.29 is 19.9 Å². The lowest BCUT2D eigenvalue weighted by Crippen LogP contribution is -2.39. The maximum Gasteiger partial charge on any atom is 0.338 e. The van der Waals surface area contributed by atoms with Gasteiger partial charge < -0.3 is 15.1 Å². The molecule has 0 heterocycles. The van der Waals surface area contributed by atoms with Crippen LogP contribution in [0.25, 0.3) is 0 Å². The van der Waals surface area contributed by atoms with Crippen molar-refractivity contribution >= 4 is 17.3 Å². The number of carbonyl (C=O) groups is 1. The molecule has 0 amide bonds. The van der Waals surface area contributed by atoms with Gasteiger partial charge in [-0.2, -0.15) is 0 Å². The highest BCUT2D eigenvalue weighted by atomic mass is 16.6. The van der Waals surface area contributed by atoms with E-state index >= 15 is 0 Å². The minimum absolute atomic E-state index is 0.0228. The second-order valence-electron chi connectivity index (χ2n) is 5.06. The first-order chi connectivity index (χ1) is 9.17. The van der Waals surface area contributed by atoms with Crippen LogP contribution < -0.4 is 4.90 Å². The molecule has 0 atom stereocenters. The first-order valence-corrected chi connectivity index (χ1v) is 6.15. The van der Waals surface area contributed by atoms with Gasteiger partial charge in [-0.05, 0) is 26.8 Å². The SMILES string of the molecule is CCN(CC(C)(C)O)c1c(C(=O)O)cccc1[N+](=O)[O-]. The Hall–Kier alpha value is -2.15. The van der Waals surface area contributed by atoms with Gasteiger partial charge in [0.25, 0.3) is 5.69 Å². The minimum Gasteiger partial charge on any atom is -0.478 e. The van der Waals surface area contributed by atoms with Crippen LogP contribution in [0.15, 0.2) is 18.2 Å². The Balaban J connectivity index is 3.44. The summed E-state index contributed by atoms with van der Waals surface area (Å²) in [6, 6.07) is 3.91. The number of nitrogens with zero attached hydrogens (tertiary/aromatic N) is 2. The maximum absolute atomic E-state index is 11.3. The molecule has 7 nitrogen and oxygen atoms in total. The van der Waals surface area contributed by atoms with Crippen LogP contribution in [-0.2, 0) is 0 Å². The molecule has 0 fully saturated rings. The zero-order chi connectivity index (χ0) is 15.5. The molecule has 0 saturated carbocycles. The van der Waals surface area contributed by atoms with Gasteiger partial charge in [-0.15, -0.1) is 0 Å². The van der Waals surface area contributed by atoms with Crippen molar-refractivity contribution in [2.75, 3.05) is 18.0 Å². The van der Waals surface area contributed by atoms with Crippen molar-refractivity contribution in [1.29, 1.82) is 0 Å². The van der Waals surface area contributed by atoms with Crippen LogP contribution >= 0.6 is 0 Å². The second kappa shape index (κ2) is 5.87. The quantitative estimate of drug-likeness (QED) is 0.610. The summed E-state index contributed by atoms with van der Waals surface area (Å²) in [5.74, 6) is -1.24. The summed E-state index contributed by atoms with van der Waals surface area (Å²) in [5, 5.41) is 30.2. The van der Waals surface area contributed by atoms with Crippen molar-refractivity contribution in [1.82, 2.24) is 0 Å². The highest BCUT2D eigenvalue weighted by molar-refractivity contribution is 5.97. The number of rotatable bonds is 6. The second-order valence-corrected chi connectivity index (χ2v) is 5.06. The van der Waals surface area contributed by atoms with Crippen LogP contribution in [0.1, 0.15) is 31.1 Å². The lowest BCUT2D eigenvalue weighted by Gasteiger charge is -2.30. The molecule has 7 heteroatoms. The van der Waals surface area contributed by atoms with Crippen LogP contribution in [0, 0.1) is 10.1 Å². The summed E-state index contributed by atoms with van der Waals surface area (Å²) in [6.45, 7) is 5.30. The highest BCUT2D eigenvalue weighted by Gasteiger charge is 2.28. The number of nitro benzene ring substituents is 1.